The fourth-order valence-corrected chi connectivity index (χ4v) is 5.02. The Morgan fingerprint density at radius 1 is 1.00 bits per heavy atom. The van der Waals surface area contributed by atoms with Crippen molar-refractivity contribution in [3.05, 3.63) is 58.7 Å². The molecular formula is C23H30N2O4S. The maximum atomic E-state index is 13.0. The molecule has 0 aliphatic heterocycles. The summed E-state index contributed by atoms with van der Waals surface area (Å²) in [6.07, 6.45) is 4.50. The highest BCUT2D eigenvalue weighted by atomic mass is 32.2. The number of benzene rings is 2. The molecule has 7 heteroatoms. The molecule has 2 aromatic rings. The standard InChI is InChI=1S/C23H30N2O4S/c1-15(2)24-23(26)21-14-20(11-12-22(21)29-4)30(27,28)25-16(3)18-10-9-17-7-5-6-8-19(17)13-18/h9-16,25H,5-8H2,1-4H3,(H,24,26). The number of aryl methyl sites for hydroxylation is 2. The highest BCUT2D eigenvalue weighted by Gasteiger charge is 2.23. The normalized spacial score (nSPS) is 14.8. The summed E-state index contributed by atoms with van der Waals surface area (Å²) in [5.74, 6) is -0.0449. The molecule has 6 nitrogen and oxygen atoms in total. The van der Waals surface area contributed by atoms with Crippen molar-refractivity contribution in [3.8, 4) is 5.75 Å². The van der Waals surface area contributed by atoms with Gasteiger partial charge in [0.15, 0.2) is 0 Å². The van der Waals surface area contributed by atoms with Crippen LogP contribution in [0.3, 0.4) is 0 Å². The van der Waals surface area contributed by atoms with Crippen molar-refractivity contribution in [1.29, 1.82) is 0 Å². The molecule has 0 saturated carbocycles. The number of hydrogen-bond acceptors (Lipinski definition) is 4. The van der Waals surface area contributed by atoms with Crippen LogP contribution < -0.4 is 14.8 Å². The number of sulfonamides is 1. The van der Waals surface area contributed by atoms with Crippen molar-refractivity contribution < 1.29 is 17.9 Å². The van der Waals surface area contributed by atoms with Crippen molar-refractivity contribution in [2.75, 3.05) is 7.11 Å². The molecule has 1 amide bonds. The Kier molecular flexibility index (Phi) is 6.83. The van der Waals surface area contributed by atoms with Gasteiger partial charge in [-0.05, 0) is 81.3 Å². The highest BCUT2D eigenvalue weighted by molar-refractivity contribution is 7.89. The van der Waals surface area contributed by atoms with Gasteiger partial charge in [0.2, 0.25) is 10.0 Å². The van der Waals surface area contributed by atoms with Gasteiger partial charge in [-0.1, -0.05) is 18.2 Å². The quantitative estimate of drug-likeness (QED) is 0.701. The molecule has 1 aliphatic rings. The number of rotatable bonds is 7. The van der Waals surface area contributed by atoms with Crippen molar-refractivity contribution in [3.63, 3.8) is 0 Å². The van der Waals surface area contributed by atoms with E-state index in [1.807, 2.05) is 26.8 Å². The van der Waals surface area contributed by atoms with E-state index in [2.05, 4.69) is 22.2 Å². The molecule has 0 spiro atoms. The maximum Gasteiger partial charge on any atom is 0.255 e. The monoisotopic (exact) mass is 430 g/mol. The molecule has 0 heterocycles. The van der Waals surface area contributed by atoms with Crippen LogP contribution in [0.1, 0.15) is 66.7 Å². The van der Waals surface area contributed by atoms with Crippen LogP contribution >= 0.6 is 0 Å². The van der Waals surface area contributed by atoms with Crippen LogP contribution in [0, 0.1) is 0 Å². The Morgan fingerprint density at radius 3 is 2.37 bits per heavy atom. The molecule has 1 aliphatic carbocycles. The second kappa shape index (κ2) is 9.18. The lowest BCUT2D eigenvalue weighted by Gasteiger charge is -2.20. The van der Waals surface area contributed by atoms with Crippen molar-refractivity contribution in [1.82, 2.24) is 10.0 Å². The number of fused-ring (bicyclic) bond motifs is 1. The zero-order chi connectivity index (χ0) is 21.9. The predicted molar refractivity (Wildman–Crippen MR) is 117 cm³/mol. The Bertz CT molecular complexity index is 1030. The first kappa shape index (κ1) is 22.3. The summed E-state index contributed by atoms with van der Waals surface area (Å²) >= 11 is 0. The van der Waals surface area contributed by atoms with E-state index in [0.717, 1.165) is 18.4 Å². The predicted octanol–water partition coefficient (Wildman–Crippen LogP) is 3.75. The summed E-state index contributed by atoms with van der Waals surface area (Å²) in [5, 5.41) is 2.77. The lowest BCUT2D eigenvalue weighted by Crippen LogP contribution is -2.31. The van der Waals surface area contributed by atoms with Gasteiger partial charge in [0.05, 0.1) is 17.6 Å². The van der Waals surface area contributed by atoms with E-state index < -0.39 is 16.1 Å². The Balaban J connectivity index is 1.85. The lowest BCUT2D eigenvalue weighted by atomic mass is 9.89. The summed E-state index contributed by atoms with van der Waals surface area (Å²) in [6.45, 7) is 5.51. The Labute approximate surface area is 179 Å². The maximum absolute atomic E-state index is 13.0. The van der Waals surface area contributed by atoms with Gasteiger partial charge in [-0.25, -0.2) is 13.1 Å². The number of carbonyl (C=O) groups excluding carboxylic acids is 1. The van der Waals surface area contributed by atoms with Gasteiger partial charge in [-0.15, -0.1) is 0 Å². The summed E-state index contributed by atoms with van der Waals surface area (Å²) < 4.78 is 34.0. The molecule has 1 atom stereocenters. The summed E-state index contributed by atoms with van der Waals surface area (Å²) in [6, 6.07) is 10.1. The number of amides is 1. The van der Waals surface area contributed by atoms with Crippen LogP contribution in [0.15, 0.2) is 41.3 Å². The van der Waals surface area contributed by atoms with E-state index in [4.69, 9.17) is 4.74 Å². The van der Waals surface area contributed by atoms with E-state index in [1.165, 1.54) is 49.3 Å². The van der Waals surface area contributed by atoms with Gasteiger partial charge in [0.25, 0.3) is 5.91 Å². The summed E-state index contributed by atoms with van der Waals surface area (Å²) in [7, 11) is -2.37. The van der Waals surface area contributed by atoms with Gasteiger partial charge in [-0.3, -0.25) is 4.79 Å². The smallest absolute Gasteiger partial charge is 0.255 e. The molecule has 2 N–H and O–H groups in total. The van der Waals surface area contributed by atoms with Crippen LogP contribution in [0.25, 0.3) is 0 Å². The molecule has 0 saturated heterocycles. The number of methoxy groups -OCH3 is 1. The average molecular weight is 431 g/mol. The SMILES string of the molecule is COc1ccc(S(=O)(=O)NC(C)c2ccc3c(c2)CCCC3)cc1C(=O)NC(C)C. The molecule has 0 aromatic heterocycles. The fraction of sp³-hybridized carbons (Fsp3) is 0.435. The third-order valence-corrected chi connectivity index (χ3v) is 6.89. The number of carbonyl (C=O) groups is 1. The van der Waals surface area contributed by atoms with E-state index in [1.54, 1.807) is 0 Å². The van der Waals surface area contributed by atoms with Gasteiger partial charge in [-0.2, -0.15) is 0 Å². The molecule has 0 radical (unpaired) electrons. The van der Waals surface area contributed by atoms with Crippen molar-refractivity contribution in [2.24, 2.45) is 0 Å². The molecular weight excluding hydrogens is 400 g/mol. The Hall–Kier alpha value is -2.38. The van der Waals surface area contributed by atoms with Crippen LogP contribution in [0.4, 0.5) is 0 Å². The summed E-state index contributed by atoms with van der Waals surface area (Å²) in [4.78, 5) is 12.5. The van der Waals surface area contributed by atoms with Crippen LogP contribution in [-0.4, -0.2) is 27.5 Å². The van der Waals surface area contributed by atoms with Crippen LogP contribution in [0.5, 0.6) is 5.75 Å². The number of nitrogens with one attached hydrogen (secondary N) is 2. The summed E-state index contributed by atoms with van der Waals surface area (Å²) in [5.41, 5.74) is 3.79. The third-order valence-electron chi connectivity index (χ3n) is 5.35. The molecule has 0 bridgehead atoms. The average Bonchev–Trinajstić information content (AvgIpc) is 2.72. The largest absolute Gasteiger partial charge is 0.496 e. The van der Waals surface area contributed by atoms with E-state index >= 15 is 0 Å². The minimum Gasteiger partial charge on any atom is -0.496 e. The fourth-order valence-electron chi connectivity index (χ4n) is 3.76. The highest BCUT2D eigenvalue weighted by Crippen LogP contribution is 2.27. The van der Waals surface area contributed by atoms with E-state index in [0.29, 0.717) is 5.75 Å². The van der Waals surface area contributed by atoms with Crippen LogP contribution in [-0.2, 0) is 22.9 Å². The van der Waals surface area contributed by atoms with Crippen LogP contribution in [0.2, 0.25) is 0 Å². The van der Waals surface area contributed by atoms with Gasteiger partial charge >= 0.3 is 0 Å². The first-order chi connectivity index (χ1) is 14.2. The second-order valence-electron chi connectivity index (χ2n) is 8.07. The second-order valence-corrected chi connectivity index (χ2v) is 9.78. The van der Waals surface area contributed by atoms with Gasteiger partial charge in [0, 0.05) is 12.1 Å². The van der Waals surface area contributed by atoms with E-state index in [-0.39, 0.29) is 22.4 Å². The Morgan fingerprint density at radius 2 is 1.70 bits per heavy atom. The third kappa shape index (κ3) is 5.02. The topological polar surface area (TPSA) is 84.5 Å². The first-order valence-electron chi connectivity index (χ1n) is 10.3. The van der Waals surface area contributed by atoms with Gasteiger partial charge in [0.1, 0.15) is 5.75 Å². The molecule has 3 rings (SSSR count). The molecule has 30 heavy (non-hydrogen) atoms. The van der Waals surface area contributed by atoms with Gasteiger partial charge < -0.3 is 10.1 Å². The molecule has 0 fully saturated rings. The lowest BCUT2D eigenvalue weighted by molar-refractivity contribution is 0.0940. The number of hydrogen-bond donors (Lipinski definition) is 2. The molecule has 2 aromatic carbocycles. The minimum atomic E-state index is -3.82. The van der Waals surface area contributed by atoms with Crippen molar-refractivity contribution >= 4 is 15.9 Å². The zero-order valence-electron chi connectivity index (χ0n) is 18.0. The first-order valence-corrected chi connectivity index (χ1v) is 11.8. The zero-order valence-corrected chi connectivity index (χ0v) is 18.8. The van der Waals surface area contributed by atoms with Crippen molar-refractivity contribution in [2.45, 2.75) is 63.4 Å². The molecule has 162 valence electrons. The number of ether oxygens (including phenoxy) is 1. The molecule has 1 unspecified atom stereocenters. The van der Waals surface area contributed by atoms with E-state index in [9.17, 15) is 13.2 Å². The minimum absolute atomic E-state index is 0.0296.